The van der Waals surface area contributed by atoms with Gasteiger partial charge in [-0.15, -0.1) is 0 Å². The van der Waals surface area contributed by atoms with E-state index in [1.165, 1.54) is 12.4 Å². The van der Waals surface area contributed by atoms with Crippen LogP contribution in [0.2, 0.25) is 0 Å². The van der Waals surface area contributed by atoms with Gasteiger partial charge in [0.15, 0.2) is 5.78 Å². The molecule has 0 amide bonds. The van der Waals surface area contributed by atoms with Crippen molar-refractivity contribution in [3.63, 3.8) is 0 Å². The molecule has 0 fully saturated rings. The predicted molar refractivity (Wildman–Crippen MR) is 74.1 cm³/mol. The normalized spacial score (nSPS) is 13.4. The van der Waals surface area contributed by atoms with Gasteiger partial charge >= 0.3 is 0 Å². The second kappa shape index (κ2) is 3.63. The lowest BCUT2D eigenvalue weighted by Crippen LogP contribution is -2.20. The number of nitrogens with one attached hydrogen (secondary N) is 1. The fourth-order valence-corrected chi connectivity index (χ4v) is 2.75. The summed E-state index contributed by atoms with van der Waals surface area (Å²) in [6.07, 6.45) is 2.99. The number of pyridine rings is 1. The third-order valence-corrected chi connectivity index (χ3v) is 3.72. The van der Waals surface area contributed by atoms with Crippen molar-refractivity contribution in [2.45, 2.75) is 6.92 Å². The Morgan fingerprint density at radius 1 is 1.05 bits per heavy atom. The quantitative estimate of drug-likeness (QED) is 0.530. The lowest BCUT2D eigenvalue weighted by molar-refractivity contribution is 0.0977. The van der Waals surface area contributed by atoms with Crippen molar-refractivity contribution >= 4 is 22.5 Å². The molecule has 0 aliphatic heterocycles. The molecule has 1 N–H and O–H groups in total. The molecule has 1 aliphatic carbocycles. The molecule has 0 atom stereocenters. The minimum atomic E-state index is -0.147. The molecule has 1 aliphatic rings. The number of hydrogen-bond acceptors (Lipinski definition) is 3. The molecule has 4 rings (SSSR count). The fraction of sp³-hybridized carbons (Fsp3) is 0.0625. The maximum Gasteiger partial charge on any atom is 0.210 e. The fourth-order valence-electron chi connectivity index (χ4n) is 2.75. The van der Waals surface area contributed by atoms with E-state index in [0.717, 1.165) is 16.5 Å². The maximum atomic E-state index is 12.6. The Balaban J connectivity index is 2.12. The van der Waals surface area contributed by atoms with Crippen molar-refractivity contribution in [2.24, 2.45) is 0 Å². The van der Waals surface area contributed by atoms with Crippen LogP contribution in [0.1, 0.15) is 37.5 Å². The molecule has 20 heavy (non-hydrogen) atoms. The Hall–Kier alpha value is -2.75. The summed E-state index contributed by atoms with van der Waals surface area (Å²) in [7, 11) is 0. The minimum Gasteiger partial charge on any atom is -0.351 e. The van der Waals surface area contributed by atoms with Gasteiger partial charge in [0.05, 0.1) is 16.8 Å². The van der Waals surface area contributed by atoms with E-state index in [4.69, 9.17) is 0 Å². The number of hydrogen-bond donors (Lipinski definition) is 1. The molecule has 3 aromatic rings. The van der Waals surface area contributed by atoms with Crippen LogP contribution in [0.5, 0.6) is 0 Å². The molecule has 4 heteroatoms. The minimum absolute atomic E-state index is 0.139. The van der Waals surface area contributed by atoms with E-state index in [0.29, 0.717) is 22.4 Å². The largest absolute Gasteiger partial charge is 0.351 e. The Bertz CT molecular complexity index is 906. The second-order valence-corrected chi connectivity index (χ2v) is 5.00. The number of H-pyrrole nitrogens is 1. The van der Waals surface area contributed by atoms with E-state index in [1.807, 2.05) is 25.1 Å². The number of benzene rings is 1. The Morgan fingerprint density at radius 2 is 1.90 bits per heavy atom. The zero-order chi connectivity index (χ0) is 13.9. The van der Waals surface area contributed by atoms with Gasteiger partial charge in [-0.2, -0.15) is 0 Å². The Kier molecular flexibility index (Phi) is 2.02. The summed E-state index contributed by atoms with van der Waals surface area (Å²) in [6.45, 7) is 1.96. The van der Waals surface area contributed by atoms with Gasteiger partial charge in [0.1, 0.15) is 0 Å². The molecule has 2 aromatic heterocycles. The first-order valence-electron chi connectivity index (χ1n) is 6.32. The first-order valence-corrected chi connectivity index (χ1v) is 6.32. The topological polar surface area (TPSA) is 62.8 Å². The van der Waals surface area contributed by atoms with Gasteiger partial charge in [-0.25, -0.2) is 0 Å². The first-order chi connectivity index (χ1) is 9.66. The molecule has 0 bridgehead atoms. The summed E-state index contributed by atoms with van der Waals surface area (Å²) in [5.41, 5.74) is 3.51. The smallest absolute Gasteiger partial charge is 0.210 e. The molecule has 1 aromatic carbocycles. The van der Waals surface area contributed by atoms with Gasteiger partial charge in [-0.3, -0.25) is 14.6 Å². The van der Waals surface area contributed by atoms with Gasteiger partial charge in [-0.1, -0.05) is 11.6 Å². The SMILES string of the molecule is Cc1ccc2[nH]c3c(c2c1)C(=O)c1cnccc1C3=O. The highest BCUT2D eigenvalue weighted by Crippen LogP contribution is 2.32. The van der Waals surface area contributed by atoms with E-state index in [1.54, 1.807) is 6.07 Å². The third-order valence-electron chi connectivity index (χ3n) is 3.72. The Morgan fingerprint density at radius 3 is 2.75 bits per heavy atom. The predicted octanol–water partition coefficient (Wildman–Crippen LogP) is 2.65. The first kappa shape index (κ1) is 11.1. The summed E-state index contributed by atoms with van der Waals surface area (Å²) in [4.78, 5) is 32.2. The van der Waals surface area contributed by atoms with Crippen molar-refractivity contribution in [1.82, 2.24) is 9.97 Å². The molecule has 0 radical (unpaired) electrons. The molecule has 2 heterocycles. The van der Waals surface area contributed by atoms with E-state index in [-0.39, 0.29) is 11.6 Å². The summed E-state index contributed by atoms with van der Waals surface area (Å²) in [5.74, 6) is -0.287. The van der Waals surface area contributed by atoms with Crippen LogP contribution in [0.3, 0.4) is 0 Å². The van der Waals surface area contributed by atoms with Gasteiger partial charge in [0, 0.05) is 28.9 Å². The van der Waals surface area contributed by atoms with Gasteiger partial charge in [0.2, 0.25) is 5.78 Å². The van der Waals surface area contributed by atoms with Gasteiger partial charge in [0.25, 0.3) is 0 Å². The third kappa shape index (κ3) is 1.28. The summed E-state index contributed by atoms with van der Waals surface area (Å²) in [5, 5.41) is 0.799. The van der Waals surface area contributed by atoms with E-state index < -0.39 is 0 Å². The summed E-state index contributed by atoms with van der Waals surface area (Å²) in [6, 6.07) is 7.37. The molecule has 96 valence electrons. The monoisotopic (exact) mass is 262 g/mol. The van der Waals surface area contributed by atoms with Gasteiger partial charge < -0.3 is 4.98 Å². The number of fused-ring (bicyclic) bond motifs is 4. The van der Waals surface area contributed by atoms with Crippen molar-refractivity contribution < 1.29 is 9.59 Å². The standard InChI is InChI=1S/C16H10N2O2/c1-8-2-3-12-10(6-8)13-14(18-12)16(20)9-4-5-17-7-11(9)15(13)19/h2-7,18H,1H3. The van der Waals surface area contributed by atoms with E-state index in [2.05, 4.69) is 9.97 Å². The van der Waals surface area contributed by atoms with Crippen molar-refractivity contribution in [2.75, 3.05) is 0 Å². The lowest BCUT2D eigenvalue weighted by atomic mass is 9.88. The molecular formula is C16H10N2O2. The number of aryl methyl sites for hydroxylation is 1. The maximum absolute atomic E-state index is 12.6. The molecule has 0 saturated heterocycles. The average molecular weight is 262 g/mol. The number of carbonyl (C=O) groups excluding carboxylic acids is 2. The number of aromatic nitrogens is 2. The van der Waals surface area contributed by atoms with Crippen molar-refractivity contribution in [1.29, 1.82) is 0 Å². The highest BCUT2D eigenvalue weighted by Gasteiger charge is 2.33. The van der Waals surface area contributed by atoms with Crippen LogP contribution < -0.4 is 0 Å². The average Bonchev–Trinajstić information content (AvgIpc) is 2.84. The number of ketones is 2. The van der Waals surface area contributed by atoms with Crippen LogP contribution in [0.25, 0.3) is 10.9 Å². The number of carbonyl (C=O) groups is 2. The second-order valence-electron chi connectivity index (χ2n) is 5.00. The lowest BCUT2D eigenvalue weighted by Gasteiger charge is -2.13. The van der Waals surface area contributed by atoms with Gasteiger partial charge in [-0.05, 0) is 25.1 Å². The van der Waals surface area contributed by atoms with Crippen LogP contribution in [0.15, 0.2) is 36.7 Å². The van der Waals surface area contributed by atoms with Crippen LogP contribution in [-0.4, -0.2) is 21.5 Å². The number of rotatable bonds is 0. The number of aromatic amines is 1. The highest BCUT2D eigenvalue weighted by atomic mass is 16.1. The summed E-state index contributed by atoms with van der Waals surface area (Å²) >= 11 is 0. The van der Waals surface area contributed by atoms with Crippen LogP contribution in [0.4, 0.5) is 0 Å². The highest BCUT2D eigenvalue weighted by molar-refractivity contribution is 6.31. The van der Waals surface area contributed by atoms with Crippen LogP contribution in [0, 0.1) is 6.92 Å². The molecule has 0 spiro atoms. The molecular weight excluding hydrogens is 252 g/mol. The molecule has 4 nitrogen and oxygen atoms in total. The zero-order valence-corrected chi connectivity index (χ0v) is 10.7. The molecule has 0 unspecified atom stereocenters. The van der Waals surface area contributed by atoms with Crippen molar-refractivity contribution in [3.05, 3.63) is 64.6 Å². The molecule has 0 saturated carbocycles. The number of nitrogens with zero attached hydrogens (tertiary/aromatic N) is 1. The zero-order valence-electron chi connectivity index (χ0n) is 10.7. The van der Waals surface area contributed by atoms with E-state index in [9.17, 15) is 9.59 Å². The van der Waals surface area contributed by atoms with Crippen molar-refractivity contribution in [3.8, 4) is 0 Å². The van der Waals surface area contributed by atoms with E-state index >= 15 is 0 Å². The summed E-state index contributed by atoms with van der Waals surface area (Å²) < 4.78 is 0. The Labute approximate surface area is 114 Å². The van der Waals surface area contributed by atoms with Crippen LogP contribution in [-0.2, 0) is 0 Å². The van der Waals surface area contributed by atoms with Crippen LogP contribution >= 0.6 is 0 Å².